The van der Waals surface area contributed by atoms with E-state index >= 15 is 0 Å². The Kier molecular flexibility index (Phi) is 6.18. The summed E-state index contributed by atoms with van der Waals surface area (Å²) in [6, 6.07) is 62.6. The summed E-state index contributed by atoms with van der Waals surface area (Å²) >= 11 is 0. The molecule has 2 heterocycles. The zero-order chi connectivity index (χ0) is 32.3. The highest BCUT2D eigenvalue weighted by Gasteiger charge is 2.19. The summed E-state index contributed by atoms with van der Waals surface area (Å²) in [6.45, 7) is 0. The van der Waals surface area contributed by atoms with Crippen LogP contribution in [-0.2, 0) is 0 Å². The topological polar surface area (TPSA) is 30.7 Å². The summed E-state index contributed by atoms with van der Waals surface area (Å²) in [7, 11) is 0. The Morgan fingerprint density at radius 3 is 1.65 bits per heavy atom. The molecule has 0 radical (unpaired) electrons. The van der Waals surface area contributed by atoms with Gasteiger partial charge in [-0.2, -0.15) is 0 Å². The lowest BCUT2D eigenvalue weighted by molar-refractivity contribution is 1.05. The fraction of sp³-hybridized carbons (Fsp3) is 0. The second-order valence-corrected chi connectivity index (χ2v) is 12.6. The van der Waals surface area contributed by atoms with E-state index in [9.17, 15) is 0 Å². The van der Waals surface area contributed by atoms with Crippen LogP contribution in [0.2, 0.25) is 0 Å². The van der Waals surface area contributed by atoms with E-state index in [1.165, 1.54) is 48.7 Å². The van der Waals surface area contributed by atoms with Gasteiger partial charge < -0.3 is 0 Å². The van der Waals surface area contributed by atoms with Crippen molar-refractivity contribution < 1.29 is 0 Å². The Balaban J connectivity index is 1.30. The molecule has 0 fully saturated rings. The van der Waals surface area contributed by atoms with Crippen LogP contribution in [0, 0.1) is 0 Å². The maximum absolute atomic E-state index is 5.40. The molecule has 3 heteroatoms. The van der Waals surface area contributed by atoms with Crippen molar-refractivity contribution in [1.82, 2.24) is 14.5 Å². The van der Waals surface area contributed by atoms with Gasteiger partial charge in [0.25, 0.3) is 0 Å². The van der Waals surface area contributed by atoms with E-state index in [-0.39, 0.29) is 0 Å². The van der Waals surface area contributed by atoms with E-state index < -0.39 is 0 Å². The van der Waals surface area contributed by atoms with Gasteiger partial charge in [0.15, 0.2) is 5.82 Å². The minimum Gasteiger partial charge on any atom is -0.294 e. The second kappa shape index (κ2) is 11.0. The monoisotopic (exact) mass is 623 g/mol. The van der Waals surface area contributed by atoms with Crippen LogP contribution in [0.5, 0.6) is 0 Å². The third kappa shape index (κ3) is 4.44. The molecular formula is C46H29N3. The summed E-state index contributed by atoms with van der Waals surface area (Å²) in [5, 5.41) is 9.62. The van der Waals surface area contributed by atoms with Gasteiger partial charge in [-0.05, 0) is 61.6 Å². The highest BCUT2D eigenvalue weighted by atomic mass is 15.1. The molecule has 10 rings (SSSR count). The van der Waals surface area contributed by atoms with E-state index in [4.69, 9.17) is 9.97 Å². The molecular weight excluding hydrogens is 595 g/mol. The third-order valence-corrected chi connectivity index (χ3v) is 9.80. The summed E-state index contributed by atoms with van der Waals surface area (Å²) in [5.41, 5.74) is 7.56. The van der Waals surface area contributed by atoms with Gasteiger partial charge in [-0.15, -0.1) is 0 Å². The van der Waals surface area contributed by atoms with Crippen LogP contribution in [-0.4, -0.2) is 14.5 Å². The van der Waals surface area contributed by atoms with Crippen LogP contribution >= 0.6 is 0 Å². The Hall–Kier alpha value is -6.58. The van der Waals surface area contributed by atoms with Gasteiger partial charge in [-0.1, -0.05) is 152 Å². The molecule has 0 spiro atoms. The summed E-state index contributed by atoms with van der Waals surface area (Å²) < 4.78 is 2.29. The predicted molar refractivity (Wildman–Crippen MR) is 205 cm³/mol. The standard InChI is InChI=1S/C46H29N3/c1-2-12-30(13-3-1)31-22-24-33(25-23-31)46-47-41(29-44(48-46)49-42-20-10-8-18-37(42)38-19-9-11-21-43(38)49)45-36-17-7-5-15-34(36)28-40-35-16-6-4-14-32(35)26-27-39(40)45/h1-29H. The average Bonchev–Trinajstić information content (AvgIpc) is 3.51. The number of benzene rings is 8. The molecule has 3 nitrogen and oxygen atoms in total. The minimum absolute atomic E-state index is 0.691. The maximum Gasteiger partial charge on any atom is 0.162 e. The number of fused-ring (bicyclic) bond motifs is 7. The van der Waals surface area contributed by atoms with Crippen molar-refractivity contribution >= 4 is 54.1 Å². The van der Waals surface area contributed by atoms with E-state index in [0.717, 1.165) is 39.2 Å². The SMILES string of the molecule is c1ccc(-c2ccc(-c3nc(-c4c5ccccc5cc5c4ccc4ccccc45)cc(-n4c5ccccc5c5ccccc54)n3)cc2)cc1. The molecule has 0 bridgehead atoms. The van der Waals surface area contributed by atoms with Crippen molar-refractivity contribution in [2.75, 3.05) is 0 Å². The Bertz CT molecular complexity index is 2810. The first-order valence-corrected chi connectivity index (χ1v) is 16.7. The smallest absolute Gasteiger partial charge is 0.162 e. The van der Waals surface area contributed by atoms with Gasteiger partial charge in [0.05, 0.1) is 16.7 Å². The van der Waals surface area contributed by atoms with Gasteiger partial charge in [0.2, 0.25) is 0 Å². The van der Waals surface area contributed by atoms with Gasteiger partial charge in [0.1, 0.15) is 5.82 Å². The molecule has 10 aromatic rings. The Morgan fingerprint density at radius 2 is 0.918 bits per heavy atom. The van der Waals surface area contributed by atoms with Crippen molar-refractivity contribution in [1.29, 1.82) is 0 Å². The molecule has 0 atom stereocenters. The van der Waals surface area contributed by atoms with Crippen LogP contribution in [0.25, 0.3) is 93.7 Å². The second-order valence-electron chi connectivity index (χ2n) is 12.6. The van der Waals surface area contributed by atoms with Crippen LogP contribution in [0.15, 0.2) is 176 Å². The third-order valence-electron chi connectivity index (χ3n) is 9.80. The molecule has 0 aliphatic heterocycles. The molecule has 0 saturated carbocycles. The number of para-hydroxylation sites is 2. The lowest BCUT2D eigenvalue weighted by Gasteiger charge is -2.16. The van der Waals surface area contributed by atoms with E-state index in [2.05, 4.69) is 174 Å². The predicted octanol–water partition coefficient (Wildman–Crippen LogP) is 12.0. The normalized spacial score (nSPS) is 11.7. The highest BCUT2D eigenvalue weighted by Crippen LogP contribution is 2.40. The summed E-state index contributed by atoms with van der Waals surface area (Å²) in [6.07, 6.45) is 0. The first-order chi connectivity index (χ1) is 24.3. The molecule has 2 aromatic heterocycles. The summed E-state index contributed by atoms with van der Waals surface area (Å²) in [4.78, 5) is 10.7. The van der Waals surface area contributed by atoms with Gasteiger partial charge in [-0.25, -0.2) is 9.97 Å². The minimum atomic E-state index is 0.691. The number of hydrogen-bond donors (Lipinski definition) is 0. The fourth-order valence-electron chi connectivity index (χ4n) is 7.51. The Morgan fingerprint density at radius 1 is 0.347 bits per heavy atom. The largest absolute Gasteiger partial charge is 0.294 e. The number of hydrogen-bond acceptors (Lipinski definition) is 2. The molecule has 0 N–H and O–H groups in total. The number of nitrogens with zero attached hydrogens (tertiary/aromatic N) is 3. The zero-order valence-electron chi connectivity index (χ0n) is 26.6. The molecule has 0 saturated heterocycles. The maximum atomic E-state index is 5.40. The van der Waals surface area contributed by atoms with Gasteiger partial charge in [-0.3, -0.25) is 4.57 Å². The molecule has 0 aliphatic rings. The van der Waals surface area contributed by atoms with E-state index in [1.54, 1.807) is 0 Å². The van der Waals surface area contributed by atoms with Gasteiger partial charge >= 0.3 is 0 Å². The lowest BCUT2D eigenvalue weighted by atomic mass is 9.91. The van der Waals surface area contributed by atoms with Crippen molar-refractivity contribution in [3.63, 3.8) is 0 Å². The number of aromatic nitrogens is 3. The van der Waals surface area contributed by atoms with Crippen LogP contribution in [0.3, 0.4) is 0 Å². The van der Waals surface area contributed by atoms with Crippen LogP contribution in [0.1, 0.15) is 0 Å². The van der Waals surface area contributed by atoms with Crippen molar-refractivity contribution in [2.45, 2.75) is 0 Å². The number of rotatable bonds is 4. The van der Waals surface area contributed by atoms with Crippen LogP contribution < -0.4 is 0 Å². The average molecular weight is 624 g/mol. The molecule has 49 heavy (non-hydrogen) atoms. The quantitative estimate of drug-likeness (QED) is 0.144. The molecule has 0 unspecified atom stereocenters. The zero-order valence-corrected chi connectivity index (χ0v) is 26.6. The first kappa shape index (κ1) is 27.5. The molecule has 228 valence electrons. The van der Waals surface area contributed by atoms with Crippen molar-refractivity contribution in [2.24, 2.45) is 0 Å². The van der Waals surface area contributed by atoms with E-state index in [0.29, 0.717) is 5.82 Å². The molecule has 0 aliphatic carbocycles. The Labute approximate surface area is 283 Å². The van der Waals surface area contributed by atoms with Gasteiger partial charge in [0, 0.05) is 28.0 Å². The first-order valence-electron chi connectivity index (χ1n) is 16.7. The molecule has 8 aromatic carbocycles. The van der Waals surface area contributed by atoms with Crippen LogP contribution in [0.4, 0.5) is 0 Å². The lowest BCUT2D eigenvalue weighted by Crippen LogP contribution is -2.03. The fourth-order valence-corrected chi connectivity index (χ4v) is 7.51. The molecule has 0 amide bonds. The van der Waals surface area contributed by atoms with E-state index in [1.807, 2.05) is 6.07 Å². The summed E-state index contributed by atoms with van der Waals surface area (Å²) in [5.74, 6) is 1.53. The van der Waals surface area contributed by atoms with Crippen molar-refractivity contribution in [3.05, 3.63) is 176 Å². The van der Waals surface area contributed by atoms with Crippen molar-refractivity contribution in [3.8, 4) is 39.6 Å². The highest BCUT2D eigenvalue weighted by molar-refractivity contribution is 6.20.